The molecule has 0 saturated carbocycles. The number of ether oxygens (including phenoxy) is 1. The largest absolute Gasteiger partial charge is 0.444 e. The van der Waals surface area contributed by atoms with E-state index in [0.29, 0.717) is 16.9 Å². The Morgan fingerprint density at radius 1 is 1.26 bits per heavy atom. The monoisotopic (exact) mass is 371 g/mol. The number of nitrogens with one attached hydrogen (secondary N) is 2. The van der Waals surface area contributed by atoms with Gasteiger partial charge in [-0.25, -0.2) is 24.7 Å². The number of carbonyl (C=O) groups is 1. The third kappa shape index (κ3) is 3.76. The van der Waals surface area contributed by atoms with Gasteiger partial charge in [0.15, 0.2) is 11.3 Å². The van der Waals surface area contributed by atoms with Gasteiger partial charge in [0.25, 0.3) is 0 Å². The second kappa shape index (κ2) is 6.98. The molecule has 0 unspecified atom stereocenters. The smallest absolute Gasteiger partial charge is 0.413 e. The molecule has 0 radical (unpaired) electrons. The molecule has 27 heavy (non-hydrogen) atoms. The average Bonchev–Trinajstić information content (AvgIpc) is 2.85. The molecule has 0 aliphatic carbocycles. The van der Waals surface area contributed by atoms with Crippen LogP contribution >= 0.6 is 0 Å². The van der Waals surface area contributed by atoms with E-state index < -0.39 is 11.7 Å². The number of rotatable bonds is 4. The van der Waals surface area contributed by atoms with Crippen LogP contribution in [0.3, 0.4) is 0 Å². The molecule has 0 bridgehead atoms. The second-order valence-electron chi connectivity index (χ2n) is 7.35. The predicted molar refractivity (Wildman–Crippen MR) is 105 cm³/mol. The van der Waals surface area contributed by atoms with Crippen LogP contribution in [0.5, 0.6) is 0 Å². The summed E-state index contributed by atoms with van der Waals surface area (Å²) in [4.78, 5) is 30.1. The number of imidazole rings is 1. The van der Waals surface area contributed by atoms with E-state index in [1.54, 1.807) is 20.8 Å². The summed E-state index contributed by atoms with van der Waals surface area (Å²) in [5.41, 5.74) is 2.07. The van der Waals surface area contributed by atoms with Crippen molar-refractivity contribution < 1.29 is 9.53 Å². The number of nitrogens with zero attached hydrogens (tertiary/aromatic N) is 5. The maximum absolute atomic E-state index is 12.3. The Bertz CT molecular complexity index is 1000. The van der Waals surface area contributed by atoms with Crippen molar-refractivity contribution in [3.05, 3.63) is 12.2 Å². The molecule has 9 nitrogen and oxygen atoms in total. The highest BCUT2D eigenvalue weighted by Crippen LogP contribution is 2.33. The van der Waals surface area contributed by atoms with Crippen molar-refractivity contribution in [2.24, 2.45) is 7.05 Å². The number of aromatic nitrogens is 5. The van der Waals surface area contributed by atoms with Crippen LogP contribution in [0.15, 0.2) is 6.33 Å². The molecule has 0 spiro atoms. The normalized spacial score (nSPS) is 11.8. The molecule has 144 valence electrons. The van der Waals surface area contributed by atoms with Gasteiger partial charge in [0, 0.05) is 13.6 Å². The summed E-state index contributed by atoms with van der Waals surface area (Å²) in [6.07, 6.45) is 1.72. The Morgan fingerprint density at radius 2 is 2.00 bits per heavy atom. The molecule has 3 heterocycles. The summed E-state index contributed by atoms with van der Waals surface area (Å²) in [6, 6.07) is 0. The third-order valence-corrected chi connectivity index (χ3v) is 3.99. The van der Waals surface area contributed by atoms with E-state index >= 15 is 0 Å². The summed E-state index contributed by atoms with van der Waals surface area (Å²) >= 11 is 0. The van der Waals surface area contributed by atoms with Gasteiger partial charge in [0.2, 0.25) is 0 Å². The molecule has 0 aromatic carbocycles. The molecule has 3 rings (SSSR count). The lowest BCUT2D eigenvalue weighted by Gasteiger charge is -2.20. The number of pyridine rings is 1. The Balaban J connectivity index is 2.19. The van der Waals surface area contributed by atoms with Gasteiger partial charge < -0.3 is 14.6 Å². The minimum atomic E-state index is -0.611. The molecule has 0 atom stereocenters. The predicted octanol–water partition coefficient (Wildman–Crippen LogP) is 3.39. The molecule has 3 aromatic heterocycles. The van der Waals surface area contributed by atoms with E-state index in [4.69, 9.17) is 4.74 Å². The average molecular weight is 371 g/mol. The number of anilines is 2. The van der Waals surface area contributed by atoms with Gasteiger partial charge in [-0.2, -0.15) is 0 Å². The van der Waals surface area contributed by atoms with Gasteiger partial charge in [0.05, 0.1) is 11.1 Å². The van der Waals surface area contributed by atoms with Gasteiger partial charge in [-0.05, 0) is 34.1 Å². The molecular formula is C18H25N7O2. The lowest BCUT2D eigenvalue weighted by Crippen LogP contribution is -2.27. The molecule has 0 saturated heterocycles. The van der Waals surface area contributed by atoms with E-state index in [0.717, 1.165) is 35.6 Å². The topological polar surface area (TPSA) is 107 Å². The summed E-state index contributed by atoms with van der Waals surface area (Å²) < 4.78 is 7.26. The van der Waals surface area contributed by atoms with Crippen LogP contribution in [0.4, 0.5) is 16.3 Å². The first-order valence-corrected chi connectivity index (χ1v) is 8.93. The van der Waals surface area contributed by atoms with Crippen molar-refractivity contribution in [3.8, 4) is 0 Å². The zero-order valence-electron chi connectivity index (χ0n) is 16.5. The lowest BCUT2D eigenvalue weighted by molar-refractivity contribution is 0.0635. The highest BCUT2D eigenvalue weighted by molar-refractivity contribution is 6.10. The molecule has 0 aliphatic rings. The second-order valence-corrected chi connectivity index (χ2v) is 7.35. The van der Waals surface area contributed by atoms with Crippen molar-refractivity contribution in [1.82, 2.24) is 24.5 Å². The van der Waals surface area contributed by atoms with E-state index in [1.165, 1.54) is 6.33 Å². The first kappa shape index (κ1) is 18.8. The van der Waals surface area contributed by atoms with Crippen LogP contribution in [0.2, 0.25) is 0 Å². The zero-order chi connectivity index (χ0) is 19.8. The molecule has 2 N–H and O–H groups in total. The summed E-state index contributed by atoms with van der Waals surface area (Å²) in [5.74, 6) is 1.17. The van der Waals surface area contributed by atoms with Crippen LogP contribution in [0.1, 0.15) is 39.9 Å². The molecule has 3 aromatic rings. The van der Waals surface area contributed by atoms with E-state index in [-0.39, 0.29) is 0 Å². The van der Waals surface area contributed by atoms with Crippen LogP contribution in [-0.2, 0) is 11.8 Å². The summed E-state index contributed by atoms with van der Waals surface area (Å²) in [5, 5.41) is 6.73. The highest BCUT2D eigenvalue weighted by Gasteiger charge is 2.22. The number of aryl methyl sites for hydroxylation is 2. The van der Waals surface area contributed by atoms with E-state index in [2.05, 4.69) is 37.5 Å². The maximum Gasteiger partial charge on any atom is 0.413 e. The SMILES string of the molecule is CCCNc1c2nc(C)n(C)c2nc2ncnc(NC(=O)OC(C)(C)C)c12. The van der Waals surface area contributed by atoms with E-state index in [9.17, 15) is 4.79 Å². The van der Waals surface area contributed by atoms with Crippen molar-refractivity contribution in [3.63, 3.8) is 0 Å². The number of fused-ring (bicyclic) bond motifs is 2. The first-order valence-electron chi connectivity index (χ1n) is 8.93. The maximum atomic E-state index is 12.3. The van der Waals surface area contributed by atoms with Gasteiger partial charge in [-0.15, -0.1) is 0 Å². The van der Waals surface area contributed by atoms with Crippen LogP contribution in [0.25, 0.3) is 22.2 Å². The fraction of sp³-hybridized carbons (Fsp3) is 0.500. The number of hydrogen-bond donors (Lipinski definition) is 2. The van der Waals surface area contributed by atoms with E-state index in [1.807, 2.05) is 18.5 Å². The van der Waals surface area contributed by atoms with Crippen LogP contribution in [-0.4, -0.2) is 42.7 Å². The first-order chi connectivity index (χ1) is 12.7. The summed E-state index contributed by atoms with van der Waals surface area (Å²) in [7, 11) is 1.91. The summed E-state index contributed by atoms with van der Waals surface area (Å²) in [6.45, 7) is 10.2. The Morgan fingerprint density at radius 3 is 2.67 bits per heavy atom. The quantitative estimate of drug-likeness (QED) is 0.724. The van der Waals surface area contributed by atoms with Crippen LogP contribution < -0.4 is 10.6 Å². The Labute approximate surface area is 157 Å². The molecule has 9 heteroatoms. The van der Waals surface area contributed by atoms with Gasteiger partial charge in [0.1, 0.15) is 29.1 Å². The molecule has 0 fully saturated rings. The minimum Gasteiger partial charge on any atom is -0.444 e. The van der Waals surface area contributed by atoms with Gasteiger partial charge in [-0.3, -0.25) is 5.32 Å². The van der Waals surface area contributed by atoms with Crippen LogP contribution in [0, 0.1) is 6.92 Å². The number of hydrogen-bond acceptors (Lipinski definition) is 7. The minimum absolute atomic E-state index is 0.338. The molecule has 1 amide bonds. The third-order valence-electron chi connectivity index (χ3n) is 3.99. The Hall–Kier alpha value is -2.97. The fourth-order valence-corrected chi connectivity index (χ4v) is 2.72. The van der Waals surface area contributed by atoms with Crippen molar-refractivity contribution in [1.29, 1.82) is 0 Å². The van der Waals surface area contributed by atoms with Gasteiger partial charge in [-0.1, -0.05) is 6.92 Å². The lowest BCUT2D eigenvalue weighted by atomic mass is 10.2. The van der Waals surface area contributed by atoms with Crippen molar-refractivity contribution >= 4 is 39.8 Å². The van der Waals surface area contributed by atoms with Gasteiger partial charge >= 0.3 is 6.09 Å². The fourth-order valence-electron chi connectivity index (χ4n) is 2.72. The Kier molecular flexibility index (Phi) is 4.86. The standard InChI is InChI=1S/C18H25N7O2/c1-7-8-19-12-11-14(23-16-13(12)22-10(2)25(16)6)20-9-21-15(11)24-17(26)27-18(3,4)5/h9H,7-8H2,1-6H3,(H2,19,20,21,23,24,26). The number of amides is 1. The highest BCUT2D eigenvalue weighted by atomic mass is 16.6. The van der Waals surface area contributed by atoms with Crippen molar-refractivity contribution in [2.45, 2.75) is 46.6 Å². The number of carbonyl (C=O) groups excluding carboxylic acids is 1. The zero-order valence-corrected chi connectivity index (χ0v) is 16.5. The van der Waals surface area contributed by atoms with Crippen molar-refractivity contribution in [2.75, 3.05) is 17.2 Å². The molecule has 0 aliphatic heterocycles. The molecular weight excluding hydrogens is 346 g/mol.